The highest BCUT2D eigenvalue weighted by molar-refractivity contribution is 6.30. The summed E-state index contributed by atoms with van der Waals surface area (Å²) >= 11 is 5.64. The molecule has 1 heterocycles. The standard InChI is InChI=1S/C16H12ClFN2O/c17-11-6-5-10(7-12(11)18)8-16(21)15-9-19-13-3-1-2-4-14(13)20-15/h1-7,9,16,21H,8H2. The molecular formula is C16H12ClFN2O. The molecule has 0 amide bonds. The highest BCUT2D eigenvalue weighted by Gasteiger charge is 2.12. The number of nitrogens with zero attached hydrogens (tertiary/aromatic N) is 2. The molecule has 21 heavy (non-hydrogen) atoms. The minimum absolute atomic E-state index is 0.0683. The first-order chi connectivity index (χ1) is 10.1. The summed E-state index contributed by atoms with van der Waals surface area (Å²) in [6.07, 6.45) is 0.947. The van der Waals surface area contributed by atoms with E-state index >= 15 is 0 Å². The number of rotatable bonds is 3. The summed E-state index contributed by atoms with van der Waals surface area (Å²) in [6, 6.07) is 11.9. The fourth-order valence-electron chi connectivity index (χ4n) is 2.13. The molecule has 3 rings (SSSR count). The van der Waals surface area contributed by atoms with Gasteiger partial charge in [0.05, 0.1) is 27.9 Å². The molecule has 0 aliphatic carbocycles. The lowest BCUT2D eigenvalue weighted by Crippen LogP contribution is -2.05. The Bertz CT molecular complexity index is 794. The van der Waals surface area contributed by atoms with Gasteiger partial charge >= 0.3 is 0 Å². The summed E-state index contributed by atoms with van der Waals surface area (Å²) in [5.41, 5.74) is 2.60. The van der Waals surface area contributed by atoms with E-state index in [-0.39, 0.29) is 11.4 Å². The summed E-state index contributed by atoms with van der Waals surface area (Å²) in [6.45, 7) is 0. The van der Waals surface area contributed by atoms with Crippen molar-refractivity contribution in [1.82, 2.24) is 9.97 Å². The van der Waals surface area contributed by atoms with Gasteiger partial charge in [-0.05, 0) is 29.8 Å². The van der Waals surface area contributed by atoms with E-state index in [1.807, 2.05) is 24.3 Å². The van der Waals surface area contributed by atoms with Gasteiger partial charge in [0.1, 0.15) is 11.9 Å². The fourth-order valence-corrected chi connectivity index (χ4v) is 2.24. The van der Waals surface area contributed by atoms with Crippen molar-refractivity contribution in [3.63, 3.8) is 0 Å². The van der Waals surface area contributed by atoms with Crippen molar-refractivity contribution in [2.75, 3.05) is 0 Å². The molecule has 0 saturated heterocycles. The molecule has 3 nitrogen and oxygen atoms in total. The quantitative estimate of drug-likeness (QED) is 0.802. The number of fused-ring (bicyclic) bond motifs is 1. The number of aliphatic hydroxyl groups excluding tert-OH is 1. The largest absolute Gasteiger partial charge is 0.386 e. The highest BCUT2D eigenvalue weighted by atomic mass is 35.5. The molecule has 0 aliphatic heterocycles. The van der Waals surface area contributed by atoms with Gasteiger partial charge in [-0.2, -0.15) is 0 Å². The molecule has 1 N–H and O–H groups in total. The number of hydrogen-bond acceptors (Lipinski definition) is 3. The zero-order chi connectivity index (χ0) is 14.8. The summed E-state index contributed by atoms with van der Waals surface area (Å²) in [4.78, 5) is 8.64. The van der Waals surface area contributed by atoms with Gasteiger partial charge in [-0.3, -0.25) is 4.98 Å². The highest BCUT2D eigenvalue weighted by Crippen LogP contribution is 2.21. The van der Waals surface area contributed by atoms with Gasteiger partial charge in [-0.25, -0.2) is 9.37 Å². The van der Waals surface area contributed by atoms with E-state index in [2.05, 4.69) is 9.97 Å². The number of benzene rings is 2. The third-order valence-corrected chi connectivity index (χ3v) is 3.53. The smallest absolute Gasteiger partial charge is 0.142 e. The third-order valence-electron chi connectivity index (χ3n) is 3.22. The molecule has 5 heteroatoms. The van der Waals surface area contributed by atoms with Crippen LogP contribution in [0.1, 0.15) is 17.4 Å². The Hall–Kier alpha value is -2.04. The molecule has 0 radical (unpaired) electrons. The summed E-state index contributed by atoms with van der Waals surface area (Å²) < 4.78 is 13.4. The second kappa shape index (κ2) is 5.76. The normalized spacial score (nSPS) is 12.5. The van der Waals surface area contributed by atoms with Gasteiger partial charge in [-0.15, -0.1) is 0 Å². The minimum Gasteiger partial charge on any atom is -0.386 e. The van der Waals surface area contributed by atoms with Crippen molar-refractivity contribution in [2.24, 2.45) is 0 Å². The maximum absolute atomic E-state index is 13.4. The predicted octanol–water partition coefficient (Wildman–Crippen LogP) is 3.70. The Labute approximate surface area is 126 Å². The summed E-state index contributed by atoms with van der Waals surface area (Å²) in [7, 11) is 0. The molecule has 0 aliphatic rings. The molecular weight excluding hydrogens is 291 g/mol. The first-order valence-electron chi connectivity index (χ1n) is 6.47. The van der Waals surface area contributed by atoms with Gasteiger partial charge < -0.3 is 5.11 Å². The van der Waals surface area contributed by atoms with Crippen LogP contribution in [0.2, 0.25) is 5.02 Å². The lowest BCUT2D eigenvalue weighted by Gasteiger charge is -2.11. The SMILES string of the molecule is OC(Cc1ccc(Cl)c(F)c1)c1cnc2ccccc2n1. The molecule has 1 unspecified atom stereocenters. The molecule has 0 spiro atoms. The maximum atomic E-state index is 13.4. The van der Waals surface area contributed by atoms with Crippen molar-refractivity contribution in [1.29, 1.82) is 0 Å². The lowest BCUT2D eigenvalue weighted by atomic mass is 10.1. The molecule has 1 aromatic heterocycles. The van der Waals surface area contributed by atoms with Crippen molar-refractivity contribution in [2.45, 2.75) is 12.5 Å². The average molecular weight is 303 g/mol. The zero-order valence-electron chi connectivity index (χ0n) is 11.0. The van der Waals surface area contributed by atoms with Crippen LogP contribution in [0.4, 0.5) is 4.39 Å². The van der Waals surface area contributed by atoms with Crippen LogP contribution in [-0.2, 0) is 6.42 Å². The molecule has 2 aromatic carbocycles. The molecule has 3 aromatic rings. The number of halogens is 2. The third kappa shape index (κ3) is 3.01. The summed E-state index contributed by atoms with van der Waals surface area (Å²) in [5.74, 6) is -0.494. The zero-order valence-corrected chi connectivity index (χ0v) is 11.8. The molecule has 0 fully saturated rings. The lowest BCUT2D eigenvalue weighted by molar-refractivity contribution is 0.173. The Morgan fingerprint density at radius 3 is 2.67 bits per heavy atom. The number of aliphatic hydroxyl groups is 1. The predicted molar refractivity (Wildman–Crippen MR) is 79.6 cm³/mol. The van der Waals surface area contributed by atoms with E-state index in [4.69, 9.17) is 11.6 Å². The van der Waals surface area contributed by atoms with E-state index in [9.17, 15) is 9.50 Å². The second-order valence-electron chi connectivity index (χ2n) is 4.75. The summed E-state index contributed by atoms with van der Waals surface area (Å²) in [5, 5.41) is 10.3. The Morgan fingerprint density at radius 2 is 1.90 bits per heavy atom. The Kier molecular flexibility index (Phi) is 3.82. The monoisotopic (exact) mass is 302 g/mol. The molecule has 1 atom stereocenters. The number of para-hydroxylation sites is 2. The van der Waals surface area contributed by atoms with E-state index in [1.165, 1.54) is 12.1 Å². The van der Waals surface area contributed by atoms with Gasteiger partial charge in [0, 0.05) is 6.42 Å². The van der Waals surface area contributed by atoms with E-state index in [0.29, 0.717) is 11.3 Å². The second-order valence-corrected chi connectivity index (χ2v) is 5.16. The van der Waals surface area contributed by atoms with Crippen LogP contribution in [-0.4, -0.2) is 15.1 Å². The van der Waals surface area contributed by atoms with Gasteiger partial charge in [0.2, 0.25) is 0 Å². The number of hydrogen-bond donors (Lipinski definition) is 1. The van der Waals surface area contributed by atoms with Gasteiger partial charge in [0.15, 0.2) is 0 Å². The van der Waals surface area contributed by atoms with Crippen molar-refractivity contribution >= 4 is 22.6 Å². The van der Waals surface area contributed by atoms with E-state index in [0.717, 1.165) is 11.0 Å². The first kappa shape index (κ1) is 13.9. The van der Waals surface area contributed by atoms with Crippen LogP contribution in [0.3, 0.4) is 0 Å². The van der Waals surface area contributed by atoms with Crippen molar-refractivity contribution < 1.29 is 9.50 Å². The van der Waals surface area contributed by atoms with Crippen LogP contribution in [0.5, 0.6) is 0 Å². The van der Waals surface area contributed by atoms with Crippen LogP contribution >= 0.6 is 11.6 Å². The molecule has 0 saturated carbocycles. The van der Waals surface area contributed by atoms with Gasteiger partial charge in [-0.1, -0.05) is 29.8 Å². The van der Waals surface area contributed by atoms with Crippen LogP contribution in [0.25, 0.3) is 11.0 Å². The Morgan fingerprint density at radius 1 is 1.14 bits per heavy atom. The minimum atomic E-state index is -0.845. The van der Waals surface area contributed by atoms with Crippen LogP contribution in [0, 0.1) is 5.82 Å². The van der Waals surface area contributed by atoms with Gasteiger partial charge in [0.25, 0.3) is 0 Å². The van der Waals surface area contributed by atoms with E-state index in [1.54, 1.807) is 12.3 Å². The molecule has 106 valence electrons. The Balaban J connectivity index is 1.85. The van der Waals surface area contributed by atoms with Crippen molar-refractivity contribution in [3.8, 4) is 0 Å². The van der Waals surface area contributed by atoms with Crippen LogP contribution < -0.4 is 0 Å². The van der Waals surface area contributed by atoms with E-state index < -0.39 is 11.9 Å². The first-order valence-corrected chi connectivity index (χ1v) is 6.85. The molecule has 0 bridgehead atoms. The maximum Gasteiger partial charge on any atom is 0.142 e. The topological polar surface area (TPSA) is 46.0 Å². The fraction of sp³-hybridized carbons (Fsp3) is 0.125. The average Bonchev–Trinajstić information content (AvgIpc) is 2.50. The van der Waals surface area contributed by atoms with Crippen molar-refractivity contribution in [3.05, 3.63) is 70.8 Å². The number of aromatic nitrogens is 2. The van der Waals surface area contributed by atoms with Crippen LogP contribution in [0.15, 0.2) is 48.7 Å².